The van der Waals surface area contributed by atoms with Crippen molar-refractivity contribution in [1.82, 2.24) is 4.90 Å². The van der Waals surface area contributed by atoms with Gasteiger partial charge in [0.05, 0.1) is 4.88 Å². The topological polar surface area (TPSA) is 46.3 Å². The van der Waals surface area contributed by atoms with Crippen LogP contribution in [0.1, 0.15) is 20.1 Å². The number of nitrogens with zero attached hydrogens (tertiary/aromatic N) is 1. The molecule has 0 atom stereocenters. The SMILES string of the molecule is Cc1ccc(C(=O)N(CCN)CCc2ccccc2)s1.Cl. The first-order valence-corrected chi connectivity index (χ1v) is 7.62. The van der Waals surface area contributed by atoms with E-state index in [4.69, 9.17) is 5.73 Å². The summed E-state index contributed by atoms with van der Waals surface area (Å²) >= 11 is 1.54. The zero-order valence-corrected chi connectivity index (χ0v) is 13.8. The second-order valence-electron chi connectivity index (χ2n) is 4.73. The summed E-state index contributed by atoms with van der Waals surface area (Å²) in [7, 11) is 0. The Morgan fingerprint density at radius 3 is 2.43 bits per heavy atom. The van der Waals surface area contributed by atoms with Crippen LogP contribution in [0.5, 0.6) is 0 Å². The number of hydrogen-bond donors (Lipinski definition) is 1. The summed E-state index contributed by atoms with van der Waals surface area (Å²) < 4.78 is 0. The molecule has 0 aliphatic carbocycles. The first kappa shape index (κ1) is 17.7. The van der Waals surface area contributed by atoms with Crippen LogP contribution in [-0.4, -0.2) is 30.4 Å². The van der Waals surface area contributed by atoms with Gasteiger partial charge in [0.1, 0.15) is 0 Å². The van der Waals surface area contributed by atoms with Crippen molar-refractivity contribution in [3.8, 4) is 0 Å². The Kier molecular flexibility index (Phi) is 7.43. The highest BCUT2D eigenvalue weighted by atomic mass is 35.5. The molecule has 0 radical (unpaired) electrons. The molecule has 2 rings (SSSR count). The third-order valence-electron chi connectivity index (χ3n) is 3.15. The van der Waals surface area contributed by atoms with Gasteiger partial charge in [-0.1, -0.05) is 30.3 Å². The molecule has 0 aliphatic rings. The maximum absolute atomic E-state index is 12.5. The minimum atomic E-state index is 0. The van der Waals surface area contributed by atoms with E-state index in [0.29, 0.717) is 19.6 Å². The summed E-state index contributed by atoms with van der Waals surface area (Å²) in [5.74, 6) is 0.0875. The summed E-state index contributed by atoms with van der Waals surface area (Å²) in [6, 6.07) is 14.1. The molecule has 5 heteroatoms. The Labute approximate surface area is 136 Å². The van der Waals surface area contributed by atoms with Crippen molar-refractivity contribution in [2.24, 2.45) is 5.73 Å². The number of rotatable bonds is 6. The molecule has 21 heavy (non-hydrogen) atoms. The number of hydrogen-bond acceptors (Lipinski definition) is 3. The van der Waals surface area contributed by atoms with Crippen molar-refractivity contribution in [2.75, 3.05) is 19.6 Å². The van der Waals surface area contributed by atoms with Crippen molar-refractivity contribution >= 4 is 29.7 Å². The predicted octanol–water partition coefficient (Wildman–Crippen LogP) is 3.12. The highest BCUT2D eigenvalue weighted by molar-refractivity contribution is 7.13. The number of aryl methyl sites for hydroxylation is 1. The third-order valence-corrected chi connectivity index (χ3v) is 4.14. The molecule has 0 saturated heterocycles. The van der Waals surface area contributed by atoms with Gasteiger partial charge in [-0.15, -0.1) is 23.7 Å². The largest absolute Gasteiger partial charge is 0.336 e. The van der Waals surface area contributed by atoms with E-state index >= 15 is 0 Å². The molecule has 2 N–H and O–H groups in total. The first-order chi connectivity index (χ1) is 9.70. The van der Waals surface area contributed by atoms with E-state index in [2.05, 4.69) is 12.1 Å². The fourth-order valence-corrected chi connectivity index (χ4v) is 2.92. The summed E-state index contributed by atoms with van der Waals surface area (Å²) in [6.45, 7) is 3.81. The third kappa shape index (κ3) is 5.16. The van der Waals surface area contributed by atoms with E-state index in [9.17, 15) is 4.79 Å². The molecular formula is C16H21ClN2OS. The highest BCUT2D eigenvalue weighted by Crippen LogP contribution is 2.17. The standard InChI is InChI=1S/C16H20N2OS.ClH/c1-13-7-8-15(20-13)16(19)18(12-10-17)11-9-14-5-3-2-4-6-14;/h2-8H,9-12,17H2,1H3;1H. The van der Waals surface area contributed by atoms with Crippen LogP contribution in [0.3, 0.4) is 0 Å². The fourth-order valence-electron chi connectivity index (χ4n) is 2.08. The minimum absolute atomic E-state index is 0. The van der Waals surface area contributed by atoms with E-state index < -0.39 is 0 Å². The summed E-state index contributed by atoms with van der Waals surface area (Å²) in [5.41, 5.74) is 6.87. The molecule has 1 heterocycles. The Bertz CT molecular complexity index is 556. The number of thiophene rings is 1. The van der Waals surface area contributed by atoms with Crippen LogP contribution in [0.4, 0.5) is 0 Å². The van der Waals surface area contributed by atoms with Crippen molar-refractivity contribution in [2.45, 2.75) is 13.3 Å². The van der Waals surface area contributed by atoms with Crippen LogP contribution in [0.2, 0.25) is 0 Å². The van der Waals surface area contributed by atoms with Gasteiger partial charge in [0, 0.05) is 24.5 Å². The molecule has 0 spiro atoms. The van der Waals surface area contributed by atoms with Gasteiger partial charge in [-0.05, 0) is 31.0 Å². The lowest BCUT2D eigenvalue weighted by Gasteiger charge is -2.21. The number of nitrogens with two attached hydrogens (primary N) is 1. The van der Waals surface area contributed by atoms with Crippen molar-refractivity contribution in [3.63, 3.8) is 0 Å². The molecule has 0 unspecified atom stereocenters. The second kappa shape index (κ2) is 8.82. The Morgan fingerprint density at radius 1 is 1.14 bits per heavy atom. The van der Waals surface area contributed by atoms with E-state index in [1.54, 1.807) is 0 Å². The molecule has 1 aromatic heterocycles. The molecule has 114 valence electrons. The maximum atomic E-state index is 12.5. The molecular weight excluding hydrogens is 304 g/mol. The van der Waals surface area contributed by atoms with Crippen LogP contribution in [0, 0.1) is 6.92 Å². The lowest BCUT2D eigenvalue weighted by molar-refractivity contribution is 0.0767. The molecule has 0 bridgehead atoms. The summed E-state index contributed by atoms with van der Waals surface area (Å²) in [5, 5.41) is 0. The van der Waals surface area contributed by atoms with E-state index in [1.165, 1.54) is 16.9 Å². The van der Waals surface area contributed by atoms with Crippen LogP contribution in [0.25, 0.3) is 0 Å². The summed E-state index contributed by atoms with van der Waals surface area (Å²) in [4.78, 5) is 16.2. The van der Waals surface area contributed by atoms with Gasteiger partial charge < -0.3 is 10.6 Å². The van der Waals surface area contributed by atoms with E-state index in [-0.39, 0.29) is 18.3 Å². The summed E-state index contributed by atoms with van der Waals surface area (Å²) in [6.07, 6.45) is 0.858. The lowest BCUT2D eigenvalue weighted by Crippen LogP contribution is -2.36. The van der Waals surface area contributed by atoms with Crippen molar-refractivity contribution in [3.05, 3.63) is 57.8 Å². The fraction of sp³-hybridized carbons (Fsp3) is 0.312. The average Bonchev–Trinajstić information content (AvgIpc) is 2.90. The van der Waals surface area contributed by atoms with Crippen LogP contribution >= 0.6 is 23.7 Å². The Balaban J connectivity index is 0.00000220. The van der Waals surface area contributed by atoms with Gasteiger partial charge in [-0.2, -0.15) is 0 Å². The van der Waals surface area contributed by atoms with Crippen molar-refractivity contribution in [1.29, 1.82) is 0 Å². The van der Waals surface area contributed by atoms with Gasteiger partial charge in [-0.3, -0.25) is 4.79 Å². The zero-order chi connectivity index (χ0) is 14.4. The number of carbonyl (C=O) groups is 1. The monoisotopic (exact) mass is 324 g/mol. The molecule has 1 aromatic carbocycles. The number of carbonyl (C=O) groups excluding carboxylic acids is 1. The smallest absolute Gasteiger partial charge is 0.263 e. The number of halogens is 1. The highest BCUT2D eigenvalue weighted by Gasteiger charge is 2.16. The lowest BCUT2D eigenvalue weighted by atomic mass is 10.1. The van der Waals surface area contributed by atoms with E-state index in [0.717, 1.165) is 16.2 Å². The number of benzene rings is 1. The van der Waals surface area contributed by atoms with Gasteiger partial charge in [0.15, 0.2) is 0 Å². The van der Waals surface area contributed by atoms with Gasteiger partial charge in [0.25, 0.3) is 5.91 Å². The van der Waals surface area contributed by atoms with Crippen LogP contribution in [0.15, 0.2) is 42.5 Å². The van der Waals surface area contributed by atoms with Crippen molar-refractivity contribution < 1.29 is 4.79 Å². The molecule has 2 aromatic rings. The molecule has 0 fully saturated rings. The van der Waals surface area contributed by atoms with Gasteiger partial charge >= 0.3 is 0 Å². The normalized spacial score (nSPS) is 10.0. The predicted molar refractivity (Wildman–Crippen MR) is 91.4 cm³/mol. The Morgan fingerprint density at radius 2 is 1.86 bits per heavy atom. The zero-order valence-electron chi connectivity index (χ0n) is 12.1. The molecule has 0 aliphatic heterocycles. The number of amides is 1. The average molecular weight is 325 g/mol. The molecule has 3 nitrogen and oxygen atoms in total. The second-order valence-corrected chi connectivity index (χ2v) is 6.01. The molecule has 0 saturated carbocycles. The van der Waals surface area contributed by atoms with Crippen LogP contribution in [-0.2, 0) is 6.42 Å². The molecule has 1 amide bonds. The first-order valence-electron chi connectivity index (χ1n) is 6.80. The Hall–Kier alpha value is -1.36. The minimum Gasteiger partial charge on any atom is -0.336 e. The van der Waals surface area contributed by atoms with Gasteiger partial charge in [0.2, 0.25) is 0 Å². The van der Waals surface area contributed by atoms with Gasteiger partial charge in [-0.25, -0.2) is 0 Å². The van der Waals surface area contributed by atoms with Crippen LogP contribution < -0.4 is 5.73 Å². The van der Waals surface area contributed by atoms with E-state index in [1.807, 2.05) is 42.2 Å². The quantitative estimate of drug-likeness (QED) is 0.887. The maximum Gasteiger partial charge on any atom is 0.263 e.